The molecule has 0 N–H and O–H groups in total. The normalized spacial score (nSPS) is 15.8. The fraction of sp³-hybridized carbons (Fsp3) is 0.841. The number of rotatable bonds is 36. The van der Waals surface area contributed by atoms with Crippen molar-refractivity contribution in [3.05, 3.63) is 36.1 Å². The van der Waals surface area contributed by atoms with Crippen LogP contribution in [-0.4, -0.2) is 5.97 Å². The lowest BCUT2D eigenvalue weighted by molar-refractivity contribution is -0.157. The number of ether oxygens (including phenoxy) is 1. The third-order valence-electron chi connectivity index (χ3n) is 9.91. The highest BCUT2D eigenvalue weighted by molar-refractivity contribution is 5.82. The Kier molecular flexibility index (Phi) is 32.5. The highest BCUT2D eigenvalue weighted by atomic mass is 16.6. The van der Waals surface area contributed by atoms with Crippen LogP contribution in [0, 0.1) is 5.92 Å². The van der Waals surface area contributed by atoms with Crippen molar-refractivity contribution in [3.63, 3.8) is 0 Å². The SMILES string of the molecule is CCCCCCCCCCCC/C=C/CCCCCC/C=C1/OC(=O)C1CCCCCC/C=C/CCCCCCCCCCCC. The maximum atomic E-state index is 12.0. The summed E-state index contributed by atoms with van der Waals surface area (Å²) in [5.74, 6) is 1.03. The van der Waals surface area contributed by atoms with Crippen LogP contribution >= 0.6 is 0 Å². The van der Waals surface area contributed by atoms with Crippen molar-refractivity contribution in [2.45, 2.75) is 232 Å². The summed E-state index contributed by atoms with van der Waals surface area (Å²) in [7, 11) is 0. The van der Waals surface area contributed by atoms with Crippen molar-refractivity contribution in [2.24, 2.45) is 5.92 Å². The Morgan fingerprint density at radius 1 is 0.413 bits per heavy atom. The van der Waals surface area contributed by atoms with Gasteiger partial charge in [-0.2, -0.15) is 0 Å². The van der Waals surface area contributed by atoms with Gasteiger partial charge < -0.3 is 4.74 Å². The first-order valence-electron chi connectivity index (χ1n) is 21.0. The van der Waals surface area contributed by atoms with Crippen LogP contribution in [0.2, 0.25) is 0 Å². The van der Waals surface area contributed by atoms with Gasteiger partial charge in [-0.15, -0.1) is 0 Å². The Labute approximate surface area is 289 Å². The molecule has 1 atom stereocenters. The second-order valence-electron chi connectivity index (χ2n) is 14.4. The third kappa shape index (κ3) is 27.8. The number of unbranched alkanes of at least 4 members (excludes halogenated alkanes) is 29. The Balaban J connectivity index is 1.85. The van der Waals surface area contributed by atoms with Crippen LogP contribution in [0.25, 0.3) is 0 Å². The highest BCUT2D eigenvalue weighted by Gasteiger charge is 2.36. The van der Waals surface area contributed by atoms with Crippen LogP contribution in [-0.2, 0) is 9.53 Å². The molecule has 1 aliphatic heterocycles. The fourth-order valence-electron chi connectivity index (χ4n) is 6.70. The molecule has 0 radical (unpaired) electrons. The first kappa shape index (κ1) is 42.7. The van der Waals surface area contributed by atoms with Gasteiger partial charge in [-0.3, -0.25) is 4.79 Å². The van der Waals surface area contributed by atoms with Gasteiger partial charge in [-0.25, -0.2) is 0 Å². The van der Waals surface area contributed by atoms with E-state index in [1.807, 2.05) is 0 Å². The molecule has 0 aromatic carbocycles. The van der Waals surface area contributed by atoms with Crippen LogP contribution in [0.4, 0.5) is 0 Å². The van der Waals surface area contributed by atoms with Crippen molar-refractivity contribution < 1.29 is 9.53 Å². The summed E-state index contributed by atoms with van der Waals surface area (Å²) in [6, 6.07) is 0. The third-order valence-corrected chi connectivity index (χ3v) is 9.91. The predicted octanol–water partition coefficient (Wildman–Crippen LogP) is 15.5. The van der Waals surface area contributed by atoms with E-state index in [0.717, 1.165) is 25.0 Å². The van der Waals surface area contributed by atoms with Gasteiger partial charge in [0.05, 0.1) is 0 Å². The minimum absolute atomic E-state index is 0.00532. The second-order valence-corrected chi connectivity index (χ2v) is 14.4. The number of hydrogen-bond acceptors (Lipinski definition) is 2. The first-order valence-corrected chi connectivity index (χ1v) is 21.0. The number of carbonyl (C=O) groups excluding carboxylic acids is 1. The molecular formula is C44H80O2. The van der Waals surface area contributed by atoms with Crippen LogP contribution in [0.15, 0.2) is 36.1 Å². The summed E-state index contributed by atoms with van der Waals surface area (Å²) in [4.78, 5) is 12.0. The van der Waals surface area contributed by atoms with Crippen molar-refractivity contribution >= 4 is 5.97 Å². The van der Waals surface area contributed by atoms with Crippen LogP contribution in [0.1, 0.15) is 232 Å². The number of carbonyl (C=O) groups is 1. The summed E-state index contributed by atoms with van der Waals surface area (Å²) in [5.41, 5.74) is 0. The monoisotopic (exact) mass is 641 g/mol. The zero-order valence-corrected chi connectivity index (χ0v) is 31.3. The molecule has 0 saturated carbocycles. The number of esters is 1. The maximum Gasteiger partial charge on any atom is 0.321 e. The Hall–Kier alpha value is -1.31. The average Bonchev–Trinajstić information content (AvgIpc) is 3.06. The van der Waals surface area contributed by atoms with Crippen molar-refractivity contribution in [1.29, 1.82) is 0 Å². The zero-order valence-electron chi connectivity index (χ0n) is 31.3. The zero-order chi connectivity index (χ0) is 33.0. The molecule has 1 unspecified atom stereocenters. The quantitative estimate of drug-likeness (QED) is 0.0387. The molecule has 2 heteroatoms. The van der Waals surface area contributed by atoms with E-state index in [2.05, 4.69) is 44.2 Å². The van der Waals surface area contributed by atoms with E-state index in [1.165, 1.54) is 199 Å². The minimum atomic E-state index is 0.00532. The lowest BCUT2D eigenvalue weighted by atomic mass is 9.93. The molecule has 1 saturated heterocycles. The molecule has 0 aromatic rings. The van der Waals surface area contributed by atoms with Crippen molar-refractivity contribution in [1.82, 2.24) is 0 Å². The molecule has 0 bridgehead atoms. The van der Waals surface area contributed by atoms with Crippen molar-refractivity contribution in [2.75, 3.05) is 0 Å². The summed E-state index contributed by atoms with van der Waals surface area (Å²) in [5, 5.41) is 0. The topological polar surface area (TPSA) is 26.3 Å². The van der Waals surface area contributed by atoms with Gasteiger partial charge in [0.25, 0.3) is 0 Å². The van der Waals surface area contributed by atoms with Gasteiger partial charge >= 0.3 is 5.97 Å². The standard InChI is InChI=1S/C44H80O2/c1-3-5-7-9-11-13-15-17-19-21-23-25-27-29-31-33-35-37-39-41-43-42(44(45)46-43)40-38-36-34-32-30-28-26-24-22-20-18-16-14-12-10-8-6-4-2/h25-28,41-42H,3-24,29-40H2,1-2H3/b27-25+,28-26+,43-41+. The summed E-state index contributed by atoms with van der Waals surface area (Å²) >= 11 is 0. The first-order chi connectivity index (χ1) is 22.8. The number of cyclic esters (lactones) is 1. The molecule has 0 amide bonds. The molecule has 1 fully saturated rings. The lowest BCUT2D eigenvalue weighted by Crippen LogP contribution is -2.32. The second kappa shape index (κ2) is 35.0. The van der Waals surface area contributed by atoms with E-state index in [9.17, 15) is 4.79 Å². The Morgan fingerprint density at radius 2 is 0.717 bits per heavy atom. The molecule has 1 aliphatic rings. The Morgan fingerprint density at radius 3 is 1.07 bits per heavy atom. The van der Waals surface area contributed by atoms with E-state index >= 15 is 0 Å². The predicted molar refractivity (Wildman–Crippen MR) is 204 cm³/mol. The Bertz CT molecular complexity index is 732. The van der Waals surface area contributed by atoms with E-state index in [1.54, 1.807) is 0 Å². The largest absolute Gasteiger partial charge is 0.430 e. The van der Waals surface area contributed by atoms with Gasteiger partial charge in [0.15, 0.2) is 0 Å². The van der Waals surface area contributed by atoms with Gasteiger partial charge in [-0.1, -0.05) is 186 Å². The molecule has 1 rings (SSSR count). The van der Waals surface area contributed by atoms with E-state index < -0.39 is 0 Å². The molecule has 268 valence electrons. The molecule has 0 aromatic heterocycles. The molecule has 0 spiro atoms. The molecule has 0 aliphatic carbocycles. The number of hydrogen-bond donors (Lipinski definition) is 0. The average molecular weight is 641 g/mol. The minimum Gasteiger partial charge on any atom is -0.430 e. The fourth-order valence-corrected chi connectivity index (χ4v) is 6.70. The van der Waals surface area contributed by atoms with Gasteiger partial charge in [0.1, 0.15) is 11.7 Å². The maximum absolute atomic E-state index is 12.0. The molecular weight excluding hydrogens is 560 g/mol. The van der Waals surface area contributed by atoms with E-state index in [0.29, 0.717) is 0 Å². The van der Waals surface area contributed by atoms with Gasteiger partial charge in [0, 0.05) is 0 Å². The number of allylic oxidation sites excluding steroid dienone is 5. The summed E-state index contributed by atoms with van der Waals surface area (Å²) < 4.78 is 5.38. The van der Waals surface area contributed by atoms with Crippen LogP contribution in [0.5, 0.6) is 0 Å². The summed E-state index contributed by atoms with van der Waals surface area (Å²) in [6.45, 7) is 4.58. The van der Waals surface area contributed by atoms with Crippen LogP contribution in [0.3, 0.4) is 0 Å². The van der Waals surface area contributed by atoms with E-state index in [-0.39, 0.29) is 11.9 Å². The molecule has 1 heterocycles. The smallest absolute Gasteiger partial charge is 0.321 e. The van der Waals surface area contributed by atoms with Gasteiger partial charge in [0.2, 0.25) is 0 Å². The molecule has 2 nitrogen and oxygen atoms in total. The molecule has 46 heavy (non-hydrogen) atoms. The summed E-state index contributed by atoms with van der Waals surface area (Å²) in [6.07, 6.45) is 57.2. The van der Waals surface area contributed by atoms with Gasteiger partial charge in [-0.05, 0) is 76.7 Å². The van der Waals surface area contributed by atoms with E-state index in [4.69, 9.17) is 4.74 Å². The van der Waals surface area contributed by atoms with Crippen LogP contribution < -0.4 is 0 Å². The lowest BCUT2D eigenvalue weighted by Gasteiger charge is -2.28. The van der Waals surface area contributed by atoms with Crippen molar-refractivity contribution in [3.8, 4) is 0 Å². The highest BCUT2D eigenvalue weighted by Crippen LogP contribution is 2.32.